The maximum atomic E-state index is 10.7. The third-order valence-corrected chi connectivity index (χ3v) is 2.81. The van der Waals surface area contributed by atoms with E-state index in [-0.39, 0.29) is 0 Å². The van der Waals surface area contributed by atoms with Gasteiger partial charge in [-0.25, -0.2) is 4.98 Å². The first-order valence-corrected chi connectivity index (χ1v) is 5.68. The highest BCUT2D eigenvalue weighted by molar-refractivity contribution is 5.82. The number of aromatic amines is 1. The minimum absolute atomic E-state index is 0.364. The number of carbonyl (C=O) groups is 1. The molecule has 0 aliphatic rings. The number of rotatable bonds is 3. The third kappa shape index (κ3) is 2.00. The van der Waals surface area contributed by atoms with Gasteiger partial charge in [0.1, 0.15) is 0 Å². The predicted molar refractivity (Wildman–Crippen MR) is 68.5 cm³/mol. The van der Waals surface area contributed by atoms with Gasteiger partial charge in [0.05, 0.1) is 11.0 Å². The third-order valence-electron chi connectivity index (χ3n) is 2.81. The first-order chi connectivity index (χ1) is 8.85. The summed E-state index contributed by atoms with van der Waals surface area (Å²) >= 11 is 0. The Bertz CT molecular complexity index is 689. The zero-order chi connectivity index (χ0) is 12.4. The zero-order valence-electron chi connectivity index (χ0n) is 9.63. The molecule has 1 N–H and O–H groups in total. The Labute approximate surface area is 104 Å². The Balaban J connectivity index is 1.95. The fraction of sp³-hybridized carbons (Fsp3) is 0.0714. The second-order valence-electron chi connectivity index (χ2n) is 4.13. The van der Waals surface area contributed by atoms with Gasteiger partial charge >= 0.3 is 0 Å². The van der Waals surface area contributed by atoms with Crippen LogP contribution >= 0.6 is 0 Å². The molecule has 18 heavy (non-hydrogen) atoms. The van der Waals surface area contributed by atoms with E-state index in [1.54, 1.807) is 6.20 Å². The van der Waals surface area contributed by atoms with E-state index < -0.39 is 0 Å². The summed E-state index contributed by atoms with van der Waals surface area (Å²) < 4.78 is 0. The number of imidazole rings is 1. The predicted octanol–water partition coefficient (Wildman–Crippen LogP) is 2.36. The molecule has 2 aromatic heterocycles. The van der Waals surface area contributed by atoms with Gasteiger partial charge in [-0.2, -0.15) is 0 Å². The number of aromatic nitrogens is 3. The van der Waals surface area contributed by atoms with E-state index in [0.29, 0.717) is 5.82 Å². The maximum absolute atomic E-state index is 10.7. The maximum Gasteiger partial charge on any atom is 0.185 e. The summed E-state index contributed by atoms with van der Waals surface area (Å²) in [5.41, 5.74) is 4.02. The lowest BCUT2D eigenvalue weighted by molar-refractivity contribution is 0.111. The van der Waals surface area contributed by atoms with Crippen molar-refractivity contribution in [3.63, 3.8) is 0 Å². The number of fused-ring (bicyclic) bond motifs is 1. The van der Waals surface area contributed by atoms with Crippen LogP contribution in [0.3, 0.4) is 0 Å². The van der Waals surface area contributed by atoms with Gasteiger partial charge in [-0.05, 0) is 35.7 Å². The van der Waals surface area contributed by atoms with Crippen LogP contribution in [-0.2, 0) is 6.42 Å². The molecular weight excluding hydrogens is 226 g/mol. The van der Waals surface area contributed by atoms with Crippen molar-refractivity contribution >= 4 is 17.3 Å². The van der Waals surface area contributed by atoms with Crippen molar-refractivity contribution in [2.45, 2.75) is 6.42 Å². The Kier molecular flexibility index (Phi) is 2.61. The van der Waals surface area contributed by atoms with Crippen LogP contribution in [0.5, 0.6) is 0 Å². The highest BCUT2D eigenvalue weighted by Gasteiger charge is 2.03. The van der Waals surface area contributed by atoms with Gasteiger partial charge in [-0.1, -0.05) is 12.1 Å². The van der Waals surface area contributed by atoms with Gasteiger partial charge in [-0.15, -0.1) is 0 Å². The molecule has 0 bridgehead atoms. The molecule has 88 valence electrons. The lowest BCUT2D eigenvalue weighted by Crippen LogP contribution is -1.88. The molecule has 2 heterocycles. The summed E-state index contributed by atoms with van der Waals surface area (Å²) in [6.07, 6.45) is 5.16. The summed E-state index contributed by atoms with van der Waals surface area (Å²) in [6.45, 7) is 0. The van der Waals surface area contributed by atoms with Crippen molar-refractivity contribution in [2.75, 3.05) is 0 Å². The number of carbonyl (C=O) groups excluding carboxylic acids is 1. The first-order valence-electron chi connectivity index (χ1n) is 5.68. The molecule has 0 fully saturated rings. The minimum Gasteiger partial charge on any atom is -0.336 e. The lowest BCUT2D eigenvalue weighted by atomic mass is 10.1. The van der Waals surface area contributed by atoms with Gasteiger partial charge in [0.15, 0.2) is 12.1 Å². The van der Waals surface area contributed by atoms with E-state index in [4.69, 9.17) is 0 Å². The summed E-state index contributed by atoms with van der Waals surface area (Å²) in [4.78, 5) is 21.9. The van der Waals surface area contributed by atoms with Crippen LogP contribution in [0.2, 0.25) is 0 Å². The fourth-order valence-electron chi connectivity index (χ4n) is 1.98. The monoisotopic (exact) mass is 237 g/mol. The van der Waals surface area contributed by atoms with Gasteiger partial charge in [0.25, 0.3) is 0 Å². The normalized spacial score (nSPS) is 10.7. The molecule has 0 atom stereocenters. The average Bonchev–Trinajstić information content (AvgIpc) is 2.82. The number of hydrogen-bond acceptors (Lipinski definition) is 3. The molecule has 0 unspecified atom stereocenters. The molecule has 0 radical (unpaired) electrons. The highest BCUT2D eigenvalue weighted by Crippen LogP contribution is 2.15. The van der Waals surface area contributed by atoms with Crippen LogP contribution in [0.25, 0.3) is 11.0 Å². The van der Waals surface area contributed by atoms with Crippen LogP contribution in [0.1, 0.15) is 21.7 Å². The number of nitrogens with one attached hydrogen (secondary N) is 1. The molecule has 4 nitrogen and oxygen atoms in total. The second kappa shape index (κ2) is 4.41. The Morgan fingerprint density at radius 3 is 2.94 bits per heavy atom. The second-order valence-corrected chi connectivity index (χ2v) is 4.13. The number of pyridine rings is 1. The molecule has 4 heteroatoms. The number of benzene rings is 1. The fourth-order valence-corrected chi connectivity index (χ4v) is 1.98. The molecule has 0 aliphatic heterocycles. The SMILES string of the molecule is O=Cc1nc2ccc(Cc3cccnc3)cc2[nH]1. The van der Waals surface area contributed by atoms with Crippen molar-refractivity contribution in [3.8, 4) is 0 Å². The molecule has 0 saturated heterocycles. The quantitative estimate of drug-likeness (QED) is 0.711. The van der Waals surface area contributed by atoms with Crippen LogP contribution in [0.15, 0.2) is 42.7 Å². The van der Waals surface area contributed by atoms with Crippen LogP contribution in [0.4, 0.5) is 0 Å². The topological polar surface area (TPSA) is 58.6 Å². The number of aldehydes is 1. The van der Waals surface area contributed by atoms with E-state index in [9.17, 15) is 4.79 Å². The van der Waals surface area contributed by atoms with Crippen molar-refractivity contribution in [1.29, 1.82) is 0 Å². The van der Waals surface area contributed by atoms with Gasteiger partial charge in [-0.3, -0.25) is 9.78 Å². The summed E-state index contributed by atoms with van der Waals surface area (Å²) in [5.74, 6) is 0.364. The lowest BCUT2D eigenvalue weighted by Gasteiger charge is -2.00. The van der Waals surface area contributed by atoms with E-state index >= 15 is 0 Å². The standard InChI is InChI=1S/C14H11N3O/c18-9-14-16-12-4-3-10(7-13(12)17-14)6-11-2-1-5-15-8-11/h1-5,7-9H,6H2,(H,16,17). The molecule has 0 spiro atoms. The van der Waals surface area contributed by atoms with E-state index in [1.165, 1.54) is 0 Å². The van der Waals surface area contributed by atoms with E-state index in [1.807, 2.05) is 36.5 Å². The zero-order valence-corrected chi connectivity index (χ0v) is 9.63. The summed E-state index contributed by atoms with van der Waals surface area (Å²) in [6, 6.07) is 9.92. The Morgan fingerprint density at radius 2 is 2.17 bits per heavy atom. The largest absolute Gasteiger partial charge is 0.336 e. The van der Waals surface area contributed by atoms with Gasteiger partial charge in [0.2, 0.25) is 0 Å². The number of hydrogen-bond donors (Lipinski definition) is 1. The molecule has 1 aromatic carbocycles. The first kappa shape index (κ1) is 10.7. The number of H-pyrrole nitrogens is 1. The van der Waals surface area contributed by atoms with Crippen LogP contribution < -0.4 is 0 Å². The molecule has 0 saturated carbocycles. The van der Waals surface area contributed by atoms with Crippen molar-refractivity contribution in [1.82, 2.24) is 15.0 Å². The van der Waals surface area contributed by atoms with Crippen molar-refractivity contribution in [2.24, 2.45) is 0 Å². The summed E-state index contributed by atoms with van der Waals surface area (Å²) in [7, 11) is 0. The molecule has 0 aliphatic carbocycles. The molecular formula is C14H11N3O. The minimum atomic E-state index is 0.364. The van der Waals surface area contributed by atoms with Crippen molar-refractivity contribution < 1.29 is 4.79 Å². The summed E-state index contributed by atoms with van der Waals surface area (Å²) in [5, 5.41) is 0. The molecule has 3 rings (SSSR count). The Hall–Kier alpha value is -2.49. The smallest absolute Gasteiger partial charge is 0.185 e. The van der Waals surface area contributed by atoms with Gasteiger partial charge < -0.3 is 4.98 Å². The van der Waals surface area contributed by atoms with E-state index in [2.05, 4.69) is 15.0 Å². The van der Waals surface area contributed by atoms with Crippen LogP contribution in [-0.4, -0.2) is 21.2 Å². The highest BCUT2D eigenvalue weighted by atomic mass is 16.1. The van der Waals surface area contributed by atoms with E-state index in [0.717, 1.165) is 34.9 Å². The molecule has 3 aromatic rings. The average molecular weight is 237 g/mol. The molecule has 0 amide bonds. The Morgan fingerprint density at radius 1 is 1.22 bits per heavy atom. The van der Waals surface area contributed by atoms with Gasteiger partial charge in [0, 0.05) is 12.4 Å². The number of nitrogens with zero attached hydrogens (tertiary/aromatic N) is 2. The van der Waals surface area contributed by atoms with Crippen molar-refractivity contribution in [3.05, 3.63) is 59.7 Å². The van der Waals surface area contributed by atoms with Crippen LogP contribution in [0, 0.1) is 0 Å².